The van der Waals surface area contributed by atoms with E-state index < -0.39 is 28.8 Å². The summed E-state index contributed by atoms with van der Waals surface area (Å²) in [7, 11) is 0. The number of aliphatic hydroxyl groups excluding tert-OH is 1. The lowest BCUT2D eigenvalue weighted by Gasteiger charge is -2.40. The van der Waals surface area contributed by atoms with Gasteiger partial charge in [0.15, 0.2) is 17.4 Å². The molecule has 3 aliphatic carbocycles. The van der Waals surface area contributed by atoms with E-state index in [2.05, 4.69) is 11.6 Å². The first-order chi connectivity index (χ1) is 18.5. The van der Waals surface area contributed by atoms with Crippen LogP contribution in [0, 0.1) is 42.1 Å². The summed E-state index contributed by atoms with van der Waals surface area (Å²) in [4.78, 5) is 4.36. The molecule has 8 heteroatoms. The molecule has 0 saturated heterocycles. The normalized spacial score (nSPS) is 26.4. The van der Waals surface area contributed by atoms with Crippen molar-refractivity contribution in [2.24, 2.45) is 17.8 Å². The van der Waals surface area contributed by atoms with Crippen LogP contribution in [0.2, 0.25) is 0 Å². The number of benzene rings is 2. The number of allylic oxidation sites excluding steroid dienone is 1. The van der Waals surface area contributed by atoms with Crippen LogP contribution in [0.3, 0.4) is 0 Å². The lowest BCUT2D eigenvalue weighted by molar-refractivity contribution is -0.0695. The maximum atomic E-state index is 14.9. The first-order valence-electron chi connectivity index (χ1n) is 13.1. The van der Waals surface area contributed by atoms with Crippen molar-refractivity contribution in [3.05, 3.63) is 88.6 Å². The largest absolute Gasteiger partial charge is 0.513 e. The number of hydrogen-bond donors (Lipinski definition) is 2. The lowest BCUT2D eigenvalue weighted by Crippen LogP contribution is -2.43. The Bertz CT molecular complexity index is 1460. The Balaban J connectivity index is 1.16. The molecule has 2 aromatic carbocycles. The fraction of sp³-hybridized carbons (Fsp3) is 0.387. The molecule has 1 aromatic heterocycles. The quantitative estimate of drug-likeness (QED) is 0.319. The first-order valence-corrected chi connectivity index (χ1v) is 13.1. The maximum absolute atomic E-state index is 14.9. The lowest BCUT2D eigenvalue weighted by atomic mass is 9.73. The van der Waals surface area contributed by atoms with Crippen LogP contribution < -0.4 is 9.47 Å². The van der Waals surface area contributed by atoms with Gasteiger partial charge in [-0.05, 0) is 103 Å². The van der Waals surface area contributed by atoms with Gasteiger partial charge < -0.3 is 19.7 Å². The topological polar surface area (TPSA) is 71.8 Å². The van der Waals surface area contributed by atoms with Crippen molar-refractivity contribution in [1.82, 2.24) is 4.98 Å². The summed E-state index contributed by atoms with van der Waals surface area (Å²) in [5, 5.41) is 19.6. The predicted molar refractivity (Wildman–Crippen MR) is 139 cm³/mol. The number of aromatic nitrogens is 1. The molecule has 0 radical (unpaired) electrons. The molecule has 3 aromatic rings. The zero-order chi connectivity index (χ0) is 27.6. The fourth-order valence-electron chi connectivity index (χ4n) is 6.45. The Labute approximate surface area is 224 Å². The van der Waals surface area contributed by atoms with E-state index >= 15 is 0 Å². The van der Waals surface area contributed by atoms with Crippen LogP contribution in [0.1, 0.15) is 47.9 Å². The minimum absolute atomic E-state index is 0.0451. The Morgan fingerprint density at radius 2 is 1.79 bits per heavy atom. The van der Waals surface area contributed by atoms with Gasteiger partial charge in [0.2, 0.25) is 5.88 Å². The summed E-state index contributed by atoms with van der Waals surface area (Å²) < 4.78 is 55.8. The number of ether oxygens (including phenoxy) is 2. The second-order valence-electron chi connectivity index (χ2n) is 11.5. The summed E-state index contributed by atoms with van der Waals surface area (Å²) in [5.74, 6) is -1.30. The van der Waals surface area contributed by atoms with E-state index in [1.165, 1.54) is 24.3 Å². The van der Waals surface area contributed by atoms with E-state index in [0.717, 1.165) is 17.5 Å². The molecular formula is C31H30F3NO4. The van der Waals surface area contributed by atoms with Crippen molar-refractivity contribution >= 4 is 0 Å². The van der Waals surface area contributed by atoms with E-state index in [9.17, 15) is 23.4 Å². The predicted octanol–water partition coefficient (Wildman–Crippen LogP) is 6.55. The maximum Gasteiger partial charge on any atom is 0.213 e. The number of aliphatic hydroxyl groups is 2. The van der Waals surface area contributed by atoms with Crippen molar-refractivity contribution in [2.45, 2.75) is 51.2 Å². The van der Waals surface area contributed by atoms with Crippen LogP contribution in [-0.4, -0.2) is 27.4 Å². The van der Waals surface area contributed by atoms with Crippen LogP contribution in [-0.2, 0) is 13.0 Å². The van der Waals surface area contributed by atoms with Crippen LogP contribution in [0.25, 0.3) is 11.1 Å². The molecule has 0 aliphatic heterocycles. The molecule has 2 saturated carbocycles. The molecule has 2 N–H and O–H groups in total. The molecule has 5 nitrogen and oxygen atoms in total. The van der Waals surface area contributed by atoms with Crippen LogP contribution in [0.15, 0.2) is 48.9 Å². The molecule has 3 atom stereocenters. The van der Waals surface area contributed by atoms with Gasteiger partial charge in [0.1, 0.15) is 12.4 Å². The first kappa shape index (κ1) is 25.7. The van der Waals surface area contributed by atoms with Gasteiger partial charge in [-0.1, -0.05) is 6.58 Å². The summed E-state index contributed by atoms with van der Waals surface area (Å²) in [6.45, 7) is 7.06. The third-order valence-corrected chi connectivity index (χ3v) is 8.37. The summed E-state index contributed by atoms with van der Waals surface area (Å²) in [6, 6.07) is 7.07. The highest BCUT2D eigenvalue weighted by Gasteiger charge is 2.57. The molecule has 0 bridgehead atoms. The van der Waals surface area contributed by atoms with Gasteiger partial charge in [0.05, 0.1) is 18.0 Å². The number of halogens is 3. The van der Waals surface area contributed by atoms with E-state index in [1.54, 1.807) is 20.0 Å². The summed E-state index contributed by atoms with van der Waals surface area (Å²) in [6.07, 6.45) is 3.61. The summed E-state index contributed by atoms with van der Waals surface area (Å²) >= 11 is 0. The van der Waals surface area contributed by atoms with E-state index in [-0.39, 0.29) is 47.9 Å². The number of hydrogen-bond acceptors (Lipinski definition) is 5. The summed E-state index contributed by atoms with van der Waals surface area (Å²) in [5.41, 5.74) is 2.95. The Hall–Kier alpha value is -3.52. The molecule has 204 valence electrons. The van der Waals surface area contributed by atoms with E-state index in [4.69, 9.17) is 9.47 Å². The minimum Gasteiger partial charge on any atom is -0.513 e. The van der Waals surface area contributed by atoms with Crippen molar-refractivity contribution in [2.75, 3.05) is 6.61 Å². The van der Waals surface area contributed by atoms with Crippen molar-refractivity contribution in [1.29, 1.82) is 0 Å². The standard InChI is InChI=1S/C31H30F3NO4/c1-15-4-24(32)20(14-38-27-9-18-5-22-28(16(2)36)29(22)23(18)12-35-27)6-21(15)19-7-25(33)30(26(34)8-19)39-13-17-10-31(3,37)11-17/h4,6-9,12,17,22,28-29,36-37H,2,5,10-11,13-14H2,1,3H3/t17-,22-,28-,29+,31+/m0/s1. The highest BCUT2D eigenvalue weighted by molar-refractivity contribution is 5.69. The molecule has 6 rings (SSSR count). The molecule has 3 aliphatic rings. The monoisotopic (exact) mass is 537 g/mol. The average molecular weight is 538 g/mol. The Morgan fingerprint density at radius 3 is 2.46 bits per heavy atom. The van der Waals surface area contributed by atoms with Gasteiger partial charge in [-0.3, -0.25) is 0 Å². The second-order valence-corrected chi connectivity index (χ2v) is 11.5. The smallest absolute Gasteiger partial charge is 0.213 e. The highest BCUT2D eigenvalue weighted by Crippen LogP contribution is 2.63. The van der Waals surface area contributed by atoms with Crippen LogP contribution in [0.4, 0.5) is 13.2 Å². The zero-order valence-electron chi connectivity index (χ0n) is 21.8. The number of nitrogens with zero attached hydrogens (tertiary/aromatic N) is 1. The zero-order valence-corrected chi connectivity index (χ0v) is 21.8. The van der Waals surface area contributed by atoms with Crippen molar-refractivity contribution in [3.8, 4) is 22.8 Å². The van der Waals surface area contributed by atoms with Crippen molar-refractivity contribution < 1.29 is 32.9 Å². The van der Waals surface area contributed by atoms with Gasteiger partial charge in [0, 0.05) is 23.7 Å². The Kier molecular flexibility index (Phi) is 6.14. The number of pyridine rings is 1. The fourth-order valence-corrected chi connectivity index (χ4v) is 6.45. The third-order valence-electron chi connectivity index (χ3n) is 8.37. The Morgan fingerprint density at radius 1 is 1.08 bits per heavy atom. The van der Waals surface area contributed by atoms with E-state index in [1.807, 2.05) is 6.07 Å². The molecule has 2 fully saturated rings. The average Bonchev–Trinajstić information content (AvgIpc) is 3.44. The van der Waals surface area contributed by atoms with E-state index in [0.29, 0.717) is 35.8 Å². The molecule has 1 heterocycles. The SMILES string of the molecule is C=C(O)[C@H]1[C@@H]2Cc3cc(OCc4cc(-c5cc(F)c(OC[C@H]6C[C@@](C)(O)C6)c(F)c5)c(C)cc4F)ncc3[C@@H]21. The van der Waals surface area contributed by atoms with Gasteiger partial charge in [-0.15, -0.1) is 0 Å². The molecule has 39 heavy (non-hydrogen) atoms. The minimum atomic E-state index is -0.843. The van der Waals surface area contributed by atoms with Gasteiger partial charge in [-0.25, -0.2) is 18.2 Å². The van der Waals surface area contributed by atoms with Gasteiger partial charge in [0.25, 0.3) is 0 Å². The van der Waals surface area contributed by atoms with Gasteiger partial charge in [-0.2, -0.15) is 0 Å². The number of rotatable bonds is 8. The molecule has 0 unspecified atom stereocenters. The second kappa shape index (κ2) is 9.30. The van der Waals surface area contributed by atoms with Crippen molar-refractivity contribution in [3.63, 3.8) is 0 Å². The number of fused-ring (bicyclic) bond motifs is 3. The third kappa shape index (κ3) is 4.75. The molecular weight excluding hydrogens is 507 g/mol. The molecule has 0 amide bonds. The van der Waals surface area contributed by atoms with Crippen LogP contribution in [0.5, 0.6) is 11.6 Å². The highest BCUT2D eigenvalue weighted by atomic mass is 19.1. The van der Waals surface area contributed by atoms with Crippen LogP contribution >= 0.6 is 0 Å². The molecule has 0 spiro atoms. The van der Waals surface area contributed by atoms with Gasteiger partial charge >= 0.3 is 0 Å². The number of aryl methyl sites for hydroxylation is 1.